The maximum atomic E-state index is 13.1. The van der Waals surface area contributed by atoms with Crippen LogP contribution in [0, 0.1) is 6.92 Å². The summed E-state index contributed by atoms with van der Waals surface area (Å²) in [6.45, 7) is 4.24. The fourth-order valence-electron chi connectivity index (χ4n) is 4.87. The topological polar surface area (TPSA) is 239 Å². The molecule has 50 heavy (non-hydrogen) atoms. The van der Waals surface area contributed by atoms with Crippen molar-refractivity contribution >= 4 is 54.7 Å². The van der Waals surface area contributed by atoms with Crippen LogP contribution in [-0.2, 0) is 36.9 Å². The molecular weight excluding hydrogens is 708 g/mol. The first kappa shape index (κ1) is 35.8. The van der Waals surface area contributed by atoms with Crippen LogP contribution in [0.3, 0.4) is 0 Å². The van der Waals surface area contributed by atoms with Gasteiger partial charge in [0.2, 0.25) is 0 Å². The number of rotatable bonds is 14. The summed E-state index contributed by atoms with van der Waals surface area (Å²) in [6, 6.07) is 10.1. The minimum absolute atomic E-state index is 0.00581. The molecule has 266 valence electrons. The molecule has 0 atom stereocenters. The lowest BCUT2D eigenvalue weighted by Gasteiger charge is -2.14. The first-order chi connectivity index (χ1) is 23.6. The van der Waals surface area contributed by atoms with E-state index in [2.05, 4.69) is 8.37 Å². The summed E-state index contributed by atoms with van der Waals surface area (Å²) < 4.78 is 116. The Hall–Kier alpha value is -5.50. The lowest BCUT2D eigenvalue weighted by molar-refractivity contribution is 0.0514. The fraction of sp³-hybridized carbons (Fsp3) is 0.226. The fourth-order valence-corrected chi connectivity index (χ4v) is 5.56. The molecule has 0 radical (unpaired) electrons. The summed E-state index contributed by atoms with van der Waals surface area (Å²) in [5, 5.41) is 0.257. The van der Waals surface area contributed by atoms with E-state index >= 15 is 0 Å². The second kappa shape index (κ2) is 14.2. The lowest BCUT2D eigenvalue weighted by atomic mass is 10.1. The molecule has 0 fully saturated rings. The molecule has 2 aromatic heterocycles. The van der Waals surface area contributed by atoms with Crippen LogP contribution in [0.5, 0.6) is 34.5 Å². The van der Waals surface area contributed by atoms with Gasteiger partial charge in [0.1, 0.15) is 46.2 Å². The van der Waals surface area contributed by atoms with Crippen molar-refractivity contribution < 1.29 is 76.4 Å². The molecule has 0 saturated carbocycles. The molecule has 3 aromatic carbocycles. The Bertz CT molecular complexity index is 2320. The summed E-state index contributed by atoms with van der Waals surface area (Å²) in [5.74, 6) is -2.65. The molecule has 0 saturated heterocycles. The predicted molar refractivity (Wildman–Crippen MR) is 167 cm³/mol. The number of esters is 2. The van der Waals surface area contributed by atoms with Gasteiger partial charge in [-0.05, 0) is 45.0 Å². The molecule has 0 N–H and O–H groups in total. The third-order valence-corrected chi connectivity index (χ3v) is 7.50. The first-order valence-electron chi connectivity index (χ1n) is 14.4. The maximum absolute atomic E-state index is 13.1. The van der Waals surface area contributed by atoms with Crippen molar-refractivity contribution in [2.24, 2.45) is 0 Å². The zero-order chi connectivity index (χ0) is 36.4. The van der Waals surface area contributed by atoms with Crippen molar-refractivity contribution in [1.82, 2.24) is 0 Å². The summed E-state index contributed by atoms with van der Waals surface area (Å²) in [4.78, 5) is 26.0. The van der Waals surface area contributed by atoms with Gasteiger partial charge in [-0.25, -0.2) is 26.4 Å². The van der Waals surface area contributed by atoms with Gasteiger partial charge < -0.3 is 50.0 Å². The highest BCUT2D eigenvalue weighted by atomic mass is 32.3. The summed E-state index contributed by atoms with van der Waals surface area (Å²) in [7, 11) is -9.16. The molecule has 0 spiro atoms. The van der Waals surface area contributed by atoms with E-state index in [1.54, 1.807) is 20.8 Å². The third kappa shape index (κ3) is 8.03. The zero-order valence-corrected chi connectivity index (χ0v) is 28.1. The van der Waals surface area contributed by atoms with Crippen LogP contribution in [0.25, 0.3) is 21.9 Å². The Morgan fingerprint density at radius 2 is 1.30 bits per heavy atom. The van der Waals surface area contributed by atoms with E-state index < -0.39 is 45.1 Å². The number of furan rings is 2. The molecule has 5 aromatic rings. The number of fused-ring (bicyclic) bond motifs is 2. The minimum atomic E-state index is -5.24. The molecule has 0 aliphatic carbocycles. The highest BCUT2D eigenvalue weighted by molar-refractivity contribution is 7.81. The molecule has 2 heterocycles. The van der Waals surface area contributed by atoms with Crippen molar-refractivity contribution in [2.45, 2.75) is 27.4 Å². The number of methoxy groups -OCH3 is 1. The van der Waals surface area contributed by atoms with Gasteiger partial charge in [0.15, 0.2) is 28.8 Å². The quantitative estimate of drug-likeness (QED) is 0.0837. The van der Waals surface area contributed by atoms with E-state index in [9.17, 15) is 35.5 Å². The Morgan fingerprint density at radius 3 is 1.94 bits per heavy atom. The van der Waals surface area contributed by atoms with Crippen molar-refractivity contribution in [1.29, 1.82) is 0 Å². The minimum Gasteiger partial charge on any atom is -0.716 e. The summed E-state index contributed by atoms with van der Waals surface area (Å²) >= 11 is 0. The van der Waals surface area contributed by atoms with Crippen LogP contribution in [0.2, 0.25) is 0 Å². The van der Waals surface area contributed by atoms with Crippen LogP contribution in [0.15, 0.2) is 57.4 Å². The van der Waals surface area contributed by atoms with Gasteiger partial charge in [0.05, 0.1) is 20.3 Å². The molecule has 19 heteroatoms. The van der Waals surface area contributed by atoms with Gasteiger partial charge in [0, 0.05) is 29.0 Å². The Balaban J connectivity index is 1.62. The van der Waals surface area contributed by atoms with Crippen LogP contribution < -0.4 is 22.6 Å². The number of hydrogen-bond acceptors (Lipinski definition) is 17. The molecule has 0 aliphatic heterocycles. The van der Waals surface area contributed by atoms with E-state index in [0.717, 1.165) is 12.1 Å². The first-order valence-corrected chi connectivity index (χ1v) is 17.0. The van der Waals surface area contributed by atoms with E-state index in [1.165, 1.54) is 43.5 Å². The largest absolute Gasteiger partial charge is 0.716 e. The van der Waals surface area contributed by atoms with Crippen LogP contribution in [0.4, 0.5) is 0 Å². The Kier molecular flexibility index (Phi) is 10.1. The van der Waals surface area contributed by atoms with Gasteiger partial charge in [-0.1, -0.05) is 6.07 Å². The average Bonchev–Trinajstić information content (AvgIpc) is 3.53. The van der Waals surface area contributed by atoms with Gasteiger partial charge in [-0.2, -0.15) is 0 Å². The molecule has 0 bridgehead atoms. The normalized spacial score (nSPS) is 11.7. The van der Waals surface area contributed by atoms with Crippen LogP contribution in [-0.4, -0.2) is 58.2 Å². The molecule has 0 amide bonds. The number of carbonyl (C=O) groups excluding carboxylic acids is 2. The van der Waals surface area contributed by atoms with Gasteiger partial charge in [0.25, 0.3) is 20.8 Å². The molecule has 17 nitrogen and oxygen atoms in total. The number of hydrogen-bond donors (Lipinski definition) is 0. The Labute approximate surface area is 284 Å². The van der Waals surface area contributed by atoms with Crippen molar-refractivity contribution in [2.75, 3.05) is 20.3 Å². The highest BCUT2D eigenvalue weighted by Crippen LogP contribution is 2.42. The smallest absolute Gasteiger partial charge is 0.342 e. The second-order valence-electron chi connectivity index (χ2n) is 10.0. The average molecular weight is 735 g/mol. The van der Waals surface area contributed by atoms with E-state index in [0.29, 0.717) is 0 Å². The van der Waals surface area contributed by atoms with E-state index in [1.807, 2.05) is 0 Å². The van der Waals surface area contributed by atoms with Gasteiger partial charge >= 0.3 is 11.9 Å². The summed E-state index contributed by atoms with van der Waals surface area (Å²) in [5.41, 5.74) is 0.0760. The second-order valence-corrected chi connectivity index (χ2v) is 12.0. The van der Waals surface area contributed by atoms with Crippen molar-refractivity contribution in [3.8, 4) is 34.5 Å². The molecule has 5 rings (SSSR count). The highest BCUT2D eigenvalue weighted by Gasteiger charge is 2.27. The number of ether oxygens (including phenoxy) is 5. The van der Waals surface area contributed by atoms with Gasteiger partial charge in [-0.15, -0.1) is 0 Å². The SMILES string of the molecule is CCOC(=O)c1c(C)oc2cc(Oc3cccc(OS(=O)(=O)[O-])c3)c(OCc3oc4cc(OC)c(OS(=O)(=O)[O-])cc4c3C(=O)OCC)cc12. The summed E-state index contributed by atoms with van der Waals surface area (Å²) in [6.07, 6.45) is 0. The van der Waals surface area contributed by atoms with Crippen molar-refractivity contribution in [3.63, 3.8) is 0 Å². The monoisotopic (exact) mass is 734 g/mol. The lowest BCUT2D eigenvalue weighted by Crippen LogP contribution is -2.09. The van der Waals surface area contributed by atoms with Crippen molar-refractivity contribution in [3.05, 3.63) is 71.2 Å². The molecule has 0 aliphatic rings. The molecule has 0 unspecified atom stereocenters. The third-order valence-electron chi connectivity index (χ3n) is 6.72. The number of carbonyl (C=O) groups is 2. The maximum Gasteiger partial charge on any atom is 0.342 e. The van der Waals surface area contributed by atoms with Crippen LogP contribution >= 0.6 is 0 Å². The van der Waals surface area contributed by atoms with Crippen LogP contribution in [0.1, 0.15) is 46.1 Å². The van der Waals surface area contributed by atoms with Gasteiger partial charge in [-0.3, -0.25) is 0 Å². The van der Waals surface area contributed by atoms with E-state index in [4.69, 9.17) is 32.5 Å². The van der Waals surface area contributed by atoms with E-state index in [-0.39, 0.29) is 86.5 Å². The molecular formula is C31H26O17S2-2. The standard InChI is InChI=1S/C31H28O17S2/c1-5-41-30(32)28-16(3)44-21-14-25(45-17-8-7-9-18(10-17)47-49(34,35)36)24(11-19(21)28)43-15-27-29(31(33)42-6-2)20-12-26(48-50(37,38)39)23(40-4)13-22(20)46-27/h7-14H,5-6,15H2,1-4H3,(H,34,35,36)(H,37,38,39)/p-2. The number of aryl methyl sites for hydroxylation is 1. The zero-order valence-electron chi connectivity index (χ0n) is 26.5. The predicted octanol–water partition coefficient (Wildman–Crippen LogP) is 4.90. The number of benzene rings is 3. The Morgan fingerprint density at radius 1 is 0.720 bits per heavy atom.